The summed E-state index contributed by atoms with van der Waals surface area (Å²) in [4.78, 5) is 19.4. The summed E-state index contributed by atoms with van der Waals surface area (Å²) < 4.78 is 8.13. The summed E-state index contributed by atoms with van der Waals surface area (Å²) in [5.74, 6) is 0.883. The molecule has 0 radical (unpaired) electrons. The van der Waals surface area contributed by atoms with Crippen molar-refractivity contribution >= 4 is 34.2 Å². The van der Waals surface area contributed by atoms with E-state index in [-0.39, 0.29) is 18.3 Å². The van der Waals surface area contributed by atoms with Crippen LogP contribution in [-0.4, -0.2) is 27.5 Å². The summed E-state index contributed by atoms with van der Waals surface area (Å²) in [6.07, 6.45) is 3.57. The third kappa shape index (κ3) is 3.87. The van der Waals surface area contributed by atoms with Gasteiger partial charge in [0.05, 0.1) is 25.7 Å². The number of rotatable bonds is 4. The fourth-order valence-corrected chi connectivity index (χ4v) is 3.73. The van der Waals surface area contributed by atoms with Crippen LogP contribution in [0.3, 0.4) is 0 Å². The van der Waals surface area contributed by atoms with Gasteiger partial charge in [-0.05, 0) is 35.4 Å². The zero-order valence-corrected chi connectivity index (χ0v) is 17.1. The molecule has 27 heavy (non-hydrogen) atoms. The van der Waals surface area contributed by atoms with Crippen molar-refractivity contribution in [3.63, 3.8) is 0 Å². The maximum Gasteiger partial charge on any atom is 0.250 e. The Morgan fingerprint density at radius 1 is 1.22 bits per heavy atom. The summed E-state index contributed by atoms with van der Waals surface area (Å²) in [5.41, 5.74) is 3.05. The minimum Gasteiger partial charge on any atom is -0.497 e. The highest BCUT2D eigenvalue weighted by Crippen LogP contribution is 2.30. The Bertz CT molecular complexity index is 942. The highest BCUT2D eigenvalue weighted by Gasteiger charge is 2.34. The lowest BCUT2D eigenvalue weighted by Crippen LogP contribution is -2.42. The first kappa shape index (κ1) is 19.5. The van der Waals surface area contributed by atoms with Crippen molar-refractivity contribution in [3.8, 4) is 5.75 Å². The van der Waals surface area contributed by atoms with Crippen LogP contribution in [0.5, 0.6) is 5.75 Å². The van der Waals surface area contributed by atoms with Crippen LogP contribution in [0.4, 0.5) is 0 Å². The average molecular weight is 449 g/mol. The lowest BCUT2D eigenvalue weighted by Gasteiger charge is -2.34. The van der Waals surface area contributed by atoms with Gasteiger partial charge in [-0.25, -0.2) is 4.98 Å². The van der Waals surface area contributed by atoms with Crippen LogP contribution >= 0.6 is 28.3 Å². The molecule has 7 heteroatoms. The Morgan fingerprint density at radius 2 is 2.00 bits per heavy atom. The highest BCUT2D eigenvalue weighted by molar-refractivity contribution is 9.10. The lowest BCUT2D eigenvalue weighted by atomic mass is 10.0. The molecule has 1 aliphatic rings. The number of hydrogen-bond donors (Lipinski definition) is 0. The van der Waals surface area contributed by atoms with E-state index in [2.05, 4.69) is 20.9 Å². The second-order valence-corrected chi connectivity index (χ2v) is 7.21. The van der Waals surface area contributed by atoms with Crippen LogP contribution in [0.15, 0.2) is 65.5 Å². The molecule has 4 rings (SSSR count). The van der Waals surface area contributed by atoms with Crippen LogP contribution < -0.4 is 4.74 Å². The van der Waals surface area contributed by atoms with Gasteiger partial charge in [-0.3, -0.25) is 4.79 Å². The third-order valence-corrected chi connectivity index (χ3v) is 5.11. The van der Waals surface area contributed by atoms with E-state index in [1.54, 1.807) is 13.4 Å². The second-order valence-electron chi connectivity index (χ2n) is 6.29. The van der Waals surface area contributed by atoms with Crippen molar-refractivity contribution in [2.24, 2.45) is 0 Å². The van der Waals surface area contributed by atoms with Crippen LogP contribution in [-0.2, 0) is 17.9 Å². The first-order chi connectivity index (χ1) is 12.7. The molecule has 2 aromatic carbocycles. The number of carbonyl (C=O) groups excluding carboxylic acids is 1. The Kier molecular flexibility index (Phi) is 5.87. The third-order valence-electron chi connectivity index (χ3n) is 4.62. The predicted molar refractivity (Wildman–Crippen MR) is 109 cm³/mol. The molecule has 1 amide bonds. The van der Waals surface area contributed by atoms with Crippen molar-refractivity contribution in [1.29, 1.82) is 0 Å². The van der Waals surface area contributed by atoms with Gasteiger partial charge in [-0.2, -0.15) is 0 Å². The predicted octanol–water partition coefficient (Wildman–Crippen LogP) is 4.21. The van der Waals surface area contributed by atoms with Gasteiger partial charge < -0.3 is 14.2 Å². The molecule has 3 aromatic rings. The zero-order chi connectivity index (χ0) is 18.1. The van der Waals surface area contributed by atoms with Gasteiger partial charge in [-0.15, -0.1) is 12.4 Å². The largest absolute Gasteiger partial charge is 0.497 e. The van der Waals surface area contributed by atoms with Gasteiger partial charge >= 0.3 is 0 Å². The smallest absolute Gasteiger partial charge is 0.250 e. The van der Waals surface area contributed by atoms with Gasteiger partial charge in [0.25, 0.3) is 5.91 Å². The van der Waals surface area contributed by atoms with Crippen LogP contribution in [0.25, 0.3) is 0 Å². The number of amides is 1. The highest BCUT2D eigenvalue weighted by atomic mass is 79.9. The number of benzene rings is 2. The molecule has 140 valence electrons. The molecule has 1 atom stereocenters. The van der Waals surface area contributed by atoms with Crippen molar-refractivity contribution in [2.75, 3.05) is 7.11 Å². The van der Waals surface area contributed by atoms with Crippen molar-refractivity contribution in [2.45, 2.75) is 19.1 Å². The molecular weight excluding hydrogens is 430 g/mol. The number of hydrogen-bond acceptors (Lipinski definition) is 3. The molecule has 5 nitrogen and oxygen atoms in total. The number of carbonyl (C=O) groups is 1. The number of fused-ring (bicyclic) bond motifs is 1. The Balaban J connectivity index is 0.00000210. The summed E-state index contributed by atoms with van der Waals surface area (Å²) in [7, 11) is 1.65. The molecular formula is C20H19BrClN3O2. The first-order valence-electron chi connectivity index (χ1n) is 8.33. The molecule has 0 N–H and O–H groups in total. The molecule has 0 fully saturated rings. The molecule has 1 aliphatic heterocycles. The molecule has 0 bridgehead atoms. The molecule has 1 aromatic heterocycles. The minimum absolute atomic E-state index is 0. The first-order valence-corrected chi connectivity index (χ1v) is 9.13. The standard InChI is InChI=1S/C20H18BrN3O2.ClH/c1-26-18-7-5-14(6-8-18)11-23-12-17-10-22-13-24(17)19(20(23)25)15-3-2-4-16(21)9-15;/h2-10,13,19H,11-12H2,1H3;1H. The number of imidazole rings is 1. The summed E-state index contributed by atoms with van der Waals surface area (Å²) in [5, 5.41) is 0. The van der Waals surface area contributed by atoms with Crippen LogP contribution in [0.2, 0.25) is 0 Å². The molecule has 0 saturated heterocycles. The Labute approximate surface area is 172 Å². The van der Waals surface area contributed by atoms with Crippen LogP contribution in [0, 0.1) is 0 Å². The SMILES string of the molecule is COc1ccc(CN2Cc3cncn3C(c3cccc(Br)c3)C2=O)cc1.Cl. The van der Waals surface area contributed by atoms with E-state index in [1.165, 1.54) is 0 Å². The quantitative estimate of drug-likeness (QED) is 0.601. The molecule has 0 spiro atoms. The maximum atomic E-state index is 13.3. The van der Waals surface area contributed by atoms with Gasteiger partial charge in [-0.1, -0.05) is 40.2 Å². The van der Waals surface area contributed by atoms with Gasteiger partial charge in [0.2, 0.25) is 0 Å². The number of halogens is 2. The molecule has 0 aliphatic carbocycles. The van der Waals surface area contributed by atoms with E-state index >= 15 is 0 Å². The van der Waals surface area contributed by atoms with E-state index in [1.807, 2.05) is 64.2 Å². The summed E-state index contributed by atoms with van der Waals surface area (Å²) in [6.45, 7) is 1.11. The molecule has 1 unspecified atom stereocenters. The number of ether oxygens (including phenoxy) is 1. The summed E-state index contributed by atoms with van der Waals surface area (Å²) in [6, 6.07) is 15.3. The lowest BCUT2D eigenvalue weighted by molar-refractivity contribution is -0.136. The van der Waals surface area contributed by atoms with Crippen molar-refractivity contribution in [1.82, 2.24) is 14.5 Å². The maximum absolute atomic E-state index is 13.3. The van der Waals surface area contributed by atoms with Crippen molar-refractivity contribution < 1.29 is 9.53 Å². The van der Waals surface area contributed by atoms with Crippen molar-refractivity contribution in [3.05, 3.63) is 82.3 Å². The Morgan fingerprint density at radius 3 is 2.70 bits per heavy atom. The second kappa shape index (κ2) is 8.15. The molecule has 0 saturated carbocycles. The topological polar surface area (TPSA) is 47.4 Å². The normalized spacial score (nSPS) is 15.9. The minimum atomic E-state index is -0.392. The number of methoxy groups -OCH3 is 1. The van der Waals surface area contributed by atoms with Gasteiger partial charge in [0.15, 0.2) is 0 Å². The number of aromatic nitrogens is 2. The van der Waals surface area contributed by atoms with E-state index in [4.69, 9.17) is 4.74 Å². The fraction of sp³-hybridized carbons (Fsp3) is 0.200. The van der Waals surface area contributed by atoms with E-state index in [0.29, 0.717) is 13.1 Å². The van der Waals surface area contributed by atoms with E-state index in [9.17, 15) is 4.79 Å². The fourth-order valence-electron chi connectivity index (χ4n) is 3.32. The average Bonchev–Trinajstić information content (AvgIpc) is 3.11. The van der Waals surface area contributed by atoms with Gasteiger partial charge in [0.1, 0.15) is 11.8 Å². The van der Waals surface area contributed by atoms with Crippen LogP contribution in [0.1, 0.15) is 22.9 Å². The zero-order valence-electron chi connectivity index (χ0n) is 14.7. The van der Waals surface area contributed by atoms with Gasteiger partial charge in [0, 0.05) is 17.2 Å². The number of nitrogens with zero attached hydrogens (tertiary/aromatic N) is 3. The Hall–Kier alpha value is -2.31. The monoisotopic (exact) mass is 447 g/mol. The van der Waals surface area contributed by atoms with E-state index < -0.39 is 6.04 Å². The van der Waals surface area contributed by atoms with E-state index in [0.717, 1.165) is 27.0 Å². The summed E-state index contributed by atoms with van der Waals surface area (Å²) >= 11 is 3.50. The molecule has 2 heterocycles.